The van der Waals surface area contributed by atoms with Gasteiger partial charge in [-0.15, -0.1) is 0 Å². The first-order valence-corrected chi connectivity index (χ1v) is 0. The Balaban J connectivity index is 0. The van der Waals surface area contributed by atoms with Crippen LogP contribution >= 0.6 is 0 Å². The summed E-state index contributed by atoms with van der Waals surface area (Å²) in [6.45, 7) is 0. The van der Waals surface area contributed by atoms with Gasteiger partial charge in [-0.1, -0.05) is 0 Å². The van der Waals surface area contributed by atoms with Crippen molar-refractivity contribution in [3.05, 3.63) is 0 Å². The van der Waals surface area contributed by atoms with E-state index in [1.807, 2.05) is 0 Å². The molecule has 0 saturated heterocycles. The van der Waals surface area contributed by atoms with Gasteiger partial charge < -0.3 is 0 Å². The van der Waals surface area contributed by atoms with Crippen LogP contribution in [0.2, 0.25) is 0 Å². The molecule has 0 bridgehead atoms. The molecule has 4 heavy (non-hydrogen) atoms. The summed E-state index contributed by atoms with van der Waals surface area (Å²) in [5.74, 6) is 0. The summed E-state index contributed by atoms with van der Waals surface area (Å²) in [4.78, 5) is 0. The standard InChI is InChI=1S/Al.Cr.Mo.V.2H. The van der Waals surface area contributed by atoms with E-state index in [4.69, 9.17) is 0 Å². The molecule has 0 heterocycles. The Morgan fingerprint density at radius 3 is 1.00 bits per heavy atom. The summed E-state index contributed by atoms with van der Waals surface area (Å²) in [5, 5.41) is 0. The monoisotopic (exact) mass is 230 g/mol. The van der Waals surface area contributed by atoms with Gasteiger partial charge in [-0.3, -0.25) is 0 Å². The first-order valence-electron chi connectivity index (χ1n) is 0. The third-order valence-electron chi connectivity index (χ3n) is 0. The van der Waals surface area contributed by atoms with Crippen LogP contribution in [0.25, 0.3) is 0 Å². The Morgan fingerprint density at radius 2 is 1.00 bits per heavy atom. The van der Waals surface area contributed by atoms with Gasteiger partial charge in [0, 0.05) is 57.0 Å². The molecule has 0 aromatic rings. The van der Waals surface area contributed by atoms with Crippen LogP contribution in [0, 0.1) is 0 Å². The fraction of sp³-hybridized carbons (Fsp3) is 0. The Labute approximate surface area is 73.5 Å². The number of hydrogen-bond acceptors (Lipinski definition) is 0. The van der Waals surface area contributed by atoms with Gasteiger partial charge in [0.05, 0.1) is 0 Å². The molecule has 2 radical (unpaired) electrons. The van der Waals surface area contributed by atoms with Crippen molar-refractivity contribution in [2.45, 2.75) is 0 Å². The van der Waals surface area contributed by atoms with Gasteiger partial charge in [0.15, 0.2) is 0 Å². The van der Waals surface area contributed by atoms with Crippen LogP contribution in [-0.2, 0) is 57.0 Å². The summed E-state index contributed by atoms with van der Waals surface area (Å²) in [6.07, 6.45) is 0. The van der Waals surface area contributed by atoms with Crippen molar-refractivity contribution in [1.82, 2.24) is 0 Å². The molecule has 0 aliphatic heterocycles. The summed E-state index contributed by atoms with van der Waals surface area (Å²) < 4.78 is 0. The molecule has 4 heteroatoms. The van der Waals surface area contributed by atoms with Crippen molar-refractivity contribution in [2.24, 2.45) is 0 Å². The topological polar surface area (TPSA) is 0 Å². The van der Waals surface area contributed by atoms with Gasteiger partial charge in [0.1, 0.15) is 17.4 Å². The van der Waals surface area contributed by atoms with Crippen molar-refractivity contribution >= 4 is 17.4 Å². The van der Waals surface area contributed by atoms with Gasteiger partial charge in [-0.05, 0) is 0 Å². The van der Waals surface area contributed by atoms with Crippen molar-refractivity contribution in [3.8, 4) is 0 Å². The molecule has 0 unspecified atom stereocenters. The first-order chi connectivity index (χ1) is 0. The first kappa shape index (κ1) is 33.0. The van der Waals surface area contributed by atoms with E-state index in [1.165, 1.54) is 0 Å². The molecular formula is H2AlCrMoV. The zero-order chi connectivity index (χ0) is 0. The van der Waals surface area contributed by atoms with E-state index in [0.29, 0.717) is 0 Å². The summed E-state index contributed by atoms with van der Waals surface area (Å²) in [5.41, 5.74) is 0. The van der Waals surface area contributed by atoms with E-state index in [1.54, 1.807) is 0 Å². The van der Waals surface area contributed by atoms with E-state index < -0.39 is 0 Å². The molecule has 0 atom stereocenters. The SMILES string of the molecule is [AlH2].[Cr].[Mo].[V]. The molecule has 0 N–H and O–H groups in total. The van der Waals surface area contributed by atoms with Gasteiger partial charge in [0.25, 0.3) is 0 Å². The van der Waals surface area contributed by atoms with E-state index in [9.17, 15) is 0 Å². The third-order valence-corrected chi connectivity index (χ3v) is 0. The largest absolute Gasteiger partial charge is 0.146 e. The molecule has 0 fully saturated rings. The van der Waals surface area contributed by atoms with Gasteiger partial charge >= 0.3 is 0 Å². The van der Waals surface area contributed by atoms with Crippen molar-refractivity contribution < 1.29 is 57.0 Å². The molecule has 0 nitrogen and oxygen atoms in total. The molecule has 0 rings (SSSR count). The third kappa shape index (κ3) is 8.84. The summed E-state index contributed by atoms with van der Waals surface area (Å²) >= 11 is 0. The maximum atomic E-state index is 0. The molecule has 0 aliphatic carbocycles. The average molecular weight is 228 g/mol. The normalized spacial score (nSPS) is 0. The van der Waals surface area contributed by atoms with E-state index in [2.05, 4.69) is 0 Å². The van der Waals surface area contributed by atoms with Crippen LogP contribution in [0.5, 0.6) is 0 Å². The minimum Gasteiger partial charge on any atom is 0 e. The Bertz CT molecular complexity index is 8.00. The van der Waals surface area contributed by atoms with E-state index in [-0.39, 0.29) is 74.3 Å². The van der Waals surface area contributed by atoms with Crippen molar-refractivity contribution in [1.29, 1.82) is 0 Å². The Kier molecular flexibility index (Phi) is 152. The van der Waals surface area contributed by atoms with Crippen molar-refractivity contribution in [3.63, 3.8) is 0 Å². The summed E-state index contributed by atoms with van der Waals surface area (Å²) in [6, 6.07) is 0. The molecule has 0 aromatic heterocycles. The van der Waals surface area contributed by atoms with Gasteiger partial charge in [0.2, 0.25) is 0 Å². The Morgan fingerprint density at radius 1 is 1.00 bits per heavy atom. The van der Waals surface area contributed by atoms with Crippen LogP contribution in [-0.4, -0.2) is 17.4 Å². The second-order valence-electron chi connectivity index (χ2n) is 0. The number of hydrogen-bond donors (Lipinski definition) is 0. The van der Waals surface area contributed by atoms with E-state index >= 15 is 0 Å². The maximum Gasteiger partial charge on any atom is 0.146 e. The fourth-order valence-electron chi connectivity index (χ4n) is 0. The molecule has 22 valence electrons. The molecule has 0 aliphatic rings. The maximum absolute atomic E-state index is 0. The smallest absolute Gasteiger partial charge is 0 e. The Hall–Kier alpha value is 2.34. The fourth-order valence-corrected chi connectivity index (χ4v) is 0. The zero-order valence-corrected chi connectivity index (χ0v) is 8.94. The molecule has 0 spiro atoms. The van der Waals surface area contributed by atoms with Gasteiger partial charge in [-0.2, -0.15) is 0 Å². The van der Waals surface area contributed by atoms with Gasteiger partial charge in [-0.25, -0.2) is 0 Å². The zero-order valence-electron chi connectivity index (χ0n) is 2.26. The van der Waals surface area contributed by atoms with Crippen LogP contribution in [0.3, 0.4) is 0 Å². The molecular weight excluding hydrogens is 226 g/mol. The predicted molar refractivity (Wildman–Crippen MR) is 8.54 cm³/mol. The molecule has 0 amide bonds. The number of rotatable bonds is 0. The molecule has 0 aromatic carbocycles. The molecule has 0 saturated carbocycles. The second-order valence-corrected chi connectivity index (χ2v) is 0. The van der Waals surface area contributed by atoms with Crippen LogP contribution in [0.1, 0.15) is 0 Å². The minimum absolute atomic E-state index is 0. The van der Waals surface area contributed by atoms with Crippen LogP contribution in [0.4, 0.5) is 0 Å². The predicted octanol–water partition coefficient (Wildman–Crippen LogP) is -0.924. The van der Waals surface area contributed by atoms with E-state index in [0.717, 1.165) is 0 Å². The van der Waals surface area contributed by atoms with Crippen LogP contribution in [0.15, 0.2) is 0 Å². The average Bonchev–Trinajstić information content (AvgIpc) is 0. The van der Waals surface area contributed by atoms with Crippen LogP contribution < -0.4 is 0 Å². The second kappa shape index (κ2) is 18.4. The summed E-state index contributed by atoms with van der Waals surface area (Å²) in [7, 11) is 0. The quantitative estimate of drug-likeness (QED) is 0.470. The van der Waals surface area contributed by atoms with Crippen molar-refractivity contribution in [2.75, 3.05) is 0 Å². The minimum atomic E-state index is 0.